The Morgan fingerprint density at radius 3 is 2.11 bits per heavy atom. The van der Waals surface area contributed by atoms with E-state index in [9.17, 15) is 14.8 Å². The number of methoxy groups -OCH3 is 1. The second-order valence-corrected chi connectivity index (χ2v) is 8.66. The van der Waals surface area contributed by atoms with E-state index in [1.807, 2.05) is 54.6 Å². The number of amides is 1. The van der Waals surface area contributed by atoms with Crippen LogP contribution in [0.15, 0.2) is 54.6 Å². The van der Waals surface area contributed by atoms with E-state index in [-0.39, 0.29) is 36.9 Å². The molecule has 0 aromatic heterocycles. The smallest absolute Gasteiger partial charge is 0.305 e. The molecule has 2 aromatic rings. The number of benzene rings is 2. The van der Waals surface area contributed by atoms with E-state index >= 15 is 0 Å². The lowest BCUT2D eigenvalue weighted by Crippen LogP contribution is -3.00. The van der Waals surface area contributed by atoms with Crippen molar-refractivity contribution in [3.05, 3.63) is 65.7 Å². The van der Waals surface area contributed by atoms with E-state index in [1.54, 1.807) is 0 Å². The molecule has 0 heterocycles. The molecule has 0 aliphatic rings. The Bertz CT molecular complexity index is 848. The first-order valence-corrected chi connectivity index (χ1v) is 12.1. The van der Waals surface area contributed by atoms with Crippen LogP contribution in [0.25, 0.3) is 0 Å². The minimum atomic E-state index is -0.260. The summed E-state index contributed by atoms with van der Waals surface area (Å²) in [6.07, 6.45) is 7.01. The van der Waals surface area contributed by atoms with E-state index in [1.165, 1.54) is 7.11 Å². The van der Waals surface area contributed by atoms with E-state index in [0.29, 0.717) is 25.9 Å². The number of quaternary nitrogens is 1. The zero-order valence-corrected chi connectivity index (χ0v) is 21.4. The Morgan fingerprint density at radius 2 is 1.49 bits per heavy atom. The van der Waals surface area contributed by atoms with Gasteiger partial charge in [0.25, 0.3) is 0 Å². The first kappa shape index (κ1) is 30.4. The van der Waals surface area contributed by atoms with Crippen LogP contribution in [0.3, 0.4) is 0 Å². The molecule has 0 aliphatic heterocycles. The fourth-order valence-electron chi connectivity index (χ4n) is 3.69. The minimum Gasteiger partial charge on any atom is -1.00 e. The lowest BCUT2D eigenvalue weighted by Gasteiger charge is -2.18. The van der Waals surface area contributed by atoms with Crippen LogP contribution in [0.2, 0.25) is 0 Å². The normalized spacial score (nSPS) is 11.3. The number of carbonyl (C=O) groups excluding carboxylic acids is 2. The van der Waals surface area contributed by atoms with E-state index in [2.05, 4.69) is 10.5 Å². The quantitative estimate of drug-likeness (QED) is 0.153. The van der Waals surface area contributed by atoms with Gasteiger partial charge in [-0.15, -0.1) is 0 Å². The van der Waals surface area contributed by atoms with E-state index in [0.717, 1.165) is 60.5 Å². The maximum atomic E-state index is 12.2. The van der Waals surface area contributed by atoms with Gasteiger partial charge < -0.3 is 27.6 Å². The van der Waals surface area contributed by atoms with Crippen molar-refractivity contribution in [3.8, 4) is 5.75 Å². The fourth-order valence-corrected chi connectivity index (χ4v) is 3.69. The molecule has 1 atom stereocenters. The number of ether oxygens (including phenoxy) is 2. The molecule has 0 saturated carbocycles. The van der Waals surface area contributed by atoms with Crippen LogP contribution in [0.5, 0.6) is 5.75 Å². The molecule has 7 nitrogen and oxygen atoms in total. The van der Waals surface area contributed by atoms with Gasteiger partial charge in [-0.1, -0.05) is 68.1 Å². The van der Waals surface area contributed by atoms with Crippen molar-refractivity contribution >= 4 is 11.9 Å². The Morgan fingerprint density at radius 1 is 0.886 bits per heavy atom. The fraction of sp³-hybridized carbons (Fsp3) is 0.481. The molecule has 0 radical (unpaired) electrons. The highest BCUT2D eigenvalue weighted by molar-refractivity contribution is 5.74. The van der Waals surface area contributed by atoms with Crippen molar-refractivity contribution in [1.82, 2.24) is 5.06 Å². The third kappa shape index (κ3) is 13.2. The lowest BCUT2D eigenvalue weighted by atomic mass is 10.1. The van der Waals surface area contributed by atoms with Crippen LogP contribution in [-0.4, -0.2) is 41.8 Å². The van der Waals surface area contributed by atoms with E-state index in [4.69, 9.17) is 4.74 Å². The van der Waals surface area contributed by atoms with Gasteiger partial charge in [-0.2, -0.15) is 0 Å². The van der Waals surface area contributed by atoms with Gasteiger partial charge in [0.1, 0.15) is 24.9 Å². The number of halogens is 1. The third-order valence-corrected chi connectivity index (χ3v) is 5.66. The molecule has 0 spiro atoms. The van der Waals surface area contributed by atoms with Crippen LogP contribution in [0.4, 0.5) is 0 Å². The SMILES string of the molecule is COC(=O)CCCCCCCCC(=O)N(O)C[C@@H]([NH3+])Cc1ccc(OCc2ccccc2)cc1.[Cl-]. The Labute approximate surface area is 215 Å². The molecule has 0 bridgehead atoms. The number of hydrogen-bond donors (Lipinski definition) is 2. The molecular formula is C27H39ClN2O5. The minimum absolute atomic E-state index is 0. The van der Waals surface area contributed by atoms with Gasteiger partial charge in [-0.25, -0.2) is 5.06 Å². The highest BCUT2D eigenvalue weighted by Gasteiger charge is 2.17. The Balaban J connectivity index is 0.00000612. The summed E-state index contributed by atoms with van der Waals surface area (Å²) in [7, 11) is 1.40. The monoisotopic (exact) mass is 506 g/mol. The summed E-state index contributed by atoms with van der Waals surface area (Å²) in [6, 6.07) is 17.8. The Hall–Kier alpha value is -2.61. The van der Waals surface area contributed by atoms with Crippen molar-refractivity contribution in [2.24, 2.45) is 0 Å². The molecule has 0 unspecified atom stereocenters. The average Bonchev–Trinajstić information content (AvgIpc) is 2.85. The van der Waals surface area contributed by atoms with Gasteiger partial charge in [0.2, 0.25) is 5.91 Å². The maximum absolute atomic E-state index is 12.2. The number of carbonyl (C=O) groups is 2. The third-order valence-electron chi connectivity index (χ3n) is 5.66. The standard InChI is InChI=1S/C27H38N2O5.ClH/c1-33-27(31)14-10-5-3-2-4-9-13-26(30)29(32)20-24(28)19-22-15-17-25(18-16-22)34-21-23-11-7-6-8-12-23;/h6-8,11-12,15-18,24,32H,2-5,9-10,13-14,19-21,28H2,1H3;1H/t24-;/m0./s1. The van der Waals surface area contributed by atoms with Crippen molar-refractivity contribution in [3.63, 3.8) is 0 Å². The van der Waals surface area contributed by atoms with Gasteiger partial charge in [0, 0.05) is 19.3 Å². The van der Waals surface area contributed by atoms with Crippen LogP contribution in [-0.2, 0) is 27.4 Å². The van der Waals surface area contributed by atoms with Crippen molar-refractivity contribution in [2.75, 3.05) is 13.7 Å². The largest absolute Gasteiger partial charge is 1.00 e. The average molecular weight is 507 g/mol. The van der Waals surface area contributed by atoms with Gasteiger partial charge in [0.15, 0.2) is 0 Å². The van der Waals surface area contributed by atoms with Crippen molar-refractivity contribution < 1.29 is 42.4 Å². The number of nitrogens with zero attached hydrogens (tertiary/aromatic N) is 1. The lowest BCUT2D eigenvalue weighted by molar-refractivity contribution is -0.425. The van der Waals surface area contributed by atoms with Gasteiger partial charge in [-0.3, -0.25) is 14.8 Å². The van der Waals surface area contributed by atoms with Crippen LogP contribution in [0, 0.1) is 0 Å². The summed E-state index contributed by atoms with van der Waals surface area (Å²) in [5.74, 6) is 0.377. The molecule has 194 valence electrons. The predicted molar refractivity (Wildman–Crippen MR) is 130 cm³/mol. The molecular weight excluding hydrogens is 468 g/mol. The van der Waals surface area contributed by atoms with Crippen molar-refractivity contribution in [2.45, 2.75) is 70.4 Å². The molecule has 0 saturated heterocycles. The molecule has 2 rings (SSSR count). The zero-order chi connectivity index (χ0) is 24.6. The van der Waals surface area contributed by atoms with Crippen LogP contribution >= 0.6 is 0 Å². The molecule has 35 heavy (non-hydrogen) atoms. The number of hydroxylamine groups is 2. The number of unbranched alkanes of at least 4 members (excludes halogenated alkanes) is 5. The van der Waals surface area contributed by atoms with Gasteiger partial charge in [-0.05, 0) is 36.1 Å². The molecule has 8 heteroatoms. The predicted octanol–water partition coefficient (Wildman–Crippen LogP) is 0.934. The summed E-state index contributed by atoms with van der Waals surface area (Å²) in [5, 5.41) is 10.9. The highest BCUT2D eigenvalue weighted by atomic mass is 35.5. The highest BCUT2D eigenvalue weighted by Crippen LogP contribution is 2.15. The van der Waals surface area contributed by atoms with Crippen LogP contribution < -0.4 is 22.9 Å². The first-order valence-electron chi connectivity index (χ1n) is 12.1. The van der Waals surface area contributed by atoms with Gasteiger partial charge in [0.05, 0.1) is 7.11 Å². The molecule has 0 aliphatic carbocycles. The molecule has 0 fully saturated rings. The summed E-state index contributed by atoms with van der Waals surface area (Å²) >= 11 is 0. The first-order chi connectivity index (χ1) is 16.5. The summed E-state index contributed by atoms with van der Waals surface area (Å²) < 4.78 is 10.4. The molecule has 4 N–H and O–H groups in total. The Kier molecular flexibility index (Phi) is 15.4. The number of hydrogen-bond acceptors (Lipinski definition) is 5. The second-order valence-electron chi connectivity index (χ2n) is 8.66. The second kappa shape index (κ2) is 17.8. The number of esters is 1. The topological polar surface area (TPSA) is 104 Å². The number of rotatable bonds is 16. The van der Waals surface area contributed by atoms with Crippen molar-refractivity contribution in [1.29, 1.82) is 0 Å². The summed E-state index contributed by atoms with van der Waals surface area (Å²) in [4.78, 5) is 23.2. The summed E-state index contributed by atoms with van der Waals surface area (Å²) in [5.41, 5.74) is 6.29. The zero-order valence-electron chi connectivity index (χ0n) is 20.7. The van der Waals surface area contributed by atoms with Crippen LogP contribution in [0.1, 0.15) is 62.5 Å². The molecule has 1 amide bonds. The van der Waals surface area contributed by atoms with Gasteiger partial charge >= 0.3 is 5.97 Å². The molecule has 2 aromatic carbocycles. The van der Waals surface area contributed by atoms with E-state index < -0.39 is 0 Å². The summed E-state index contributed by atoms with van der Waals surface area (Å²) in [6.45, 7) is 0.730. The maximum Gasteiger partial charge on any atom is 0.305 e.